The molecule has 3 aliphatic carbocycles. The van der Waals surface area contributed by atoms with Crippen molar-refractivity contribution in [2.24, 2.45) is 0 Å². The molecule has 7 aromatic carbocycles. The van der Waals surface area contributed by atoms with Gasteiger partial charge in [-0.15, -0.1) is 11.3 Å². The highest BCUT2D eigenvalue weighted by Gasteiger charge is 2.64. The zero-order valence-electron chi connectivity index (χ0n) is 46.1. The van der Waals surface area contributed by atoms with Crippen molar-refractivity contribution in [2.45, 2.75) is 173 Å². The first-order chi connectivity index (χ1) is 34.5. The molecule has 1 aromatic heterocycles. The van der Waals surface area contributed by atoms with Crippen LogP contribution in [0.25, 0.3) is 53.6 Å². The zero-order chi connectivity index (χ0) is 50.9. The van der Waals surface area contributed by atoms with Crippen LogP contribution < -0.4 is 20.6 Å². The van der Waals surface area contributed by atoms with Gasteiger partial charge in [-0.05, 0) is 163 Å². The molecular formula is C69H73BN2S. The van der Waals surface area contributed by atoms with E-state index in [-0.39, 0.29) is 44.9 Å². The van der Waals surface area contributed by atoms with Crippen molar-refractivity contribution >= 4 is 72.0 Å². The van der Waals surface area contributed by atoms with E-state index in [0.717, 1.165) is 0 Å². The van der Waals surface area contributed by atoms with Gasteiger partial charge in [-0.1, -0.05) is 182 Å². The standard InChI is InChI=1S/C69H73BN2S/c1-63(2,3)41-26-29-54(45(34-41)40-22-16-15-17-23-40)71-55-38-47-43-24-18-19-25-49(43)67(11,12)58(47)57-48-35-42(64(4,5)6)36-52-60(48)72(69(14)31-21-20-30-68(52,69)13)70(59(55)57)53-28-27-44-46-37-50-51(39-56(46)73-62(44)61(53)71)66(9,10)33-32-65(50,7)8/h15-19,22-29,34-39H,20-21,30-33H2,1-14H3. The third kappa shape index (κ3) is 5.89. The number of anilines is 4. The SMILES string of the molecule is CC(C)(C)c1ccc(N2c3cc4c(c5c3B(c3ccc6c(sc7cc8c(cc76)C(C)(C)CCC8(C)C)c32)N2c3c-5cc(C(C)(C)C)cc3C3(C)CCCCC23C)C(C)(C)c2ccccc2-4)c(-c2ccccc2)c1. The number of rotatable bonds is 2. The molecule has 2 atom stereocenters. The van der Waals surface area contributed by atoms with Gasteiger partial charge in [0.1, 0.15) is 0 Å². The van der Waals surface area contributed by atoms with Crippen LogP contribution in [-0.2, 0) is 32.5 Å². The number of nitrogens with zero attached hydrogens (tertiary/aromatic N) is 2. The topological polar surface area (TPSA) is 6.48 Å². The fraction of sp³-hybridized carbons (Fsp3) is 0.391. The van der Waals surface area contributed by atoms with Crippen molar-refractivity contribution in [1.82, 2.24) is 0 Å². The predicted molar refractivity (Wildman–Crippen MR) is 317 cm³/mol. The number of hydrogen-bond donors (Lipinski definition) is 0. The number of thiophene rings is 1. The lowest BCUT2D eigenvalue weighted by molar-refractivity contribution is 0.199. The summed E-state index contributed by atoms with van der Waals surface area (Å²) in [6.45, 7) is 34.8. The van der Waals surface area contributed by atoms with Gasteiger partial charge in [0.15, 0.2) is 0 Å². The largest absolute Gasteiger partial charge is 0.400 e. The average Bonchev–Trinajstić information content (AvgIpc) is 3.91. The first-order valence-electron chi connectivity index (χ1n) is 27.8. The van der Waals surface area contributed by atoms with Crippen LogP contribution >= 0.6 is 11.3 Å². The molecule has 0 spiro atoms. The summed E-state index contributed by atoms with van der Waals surface area (Å²) in [5.74, 6) is 0. The lowest BCUT2D eigenvalue weighted by Gasteiger charge is -2.55. The van der Waals surface area contributed by atoms with Crippen LogP contribution in [0.1, 0.15) is 174 Å². The van der Waals surface area contributed by atoms with Gasteiger partial charge in [-0.2, -0.15) is 0 Å². The van der Waals surface area contributed by atoms with Gasteiger partial charge in [0, 0.05) is 54.3 Å². The molecule has 4 heteroatoms. The van der Waals surface area contributed by atoms with Crippen molar-refractivity contribution in [2.75, 3.05) is 9.71 Å². The fourth-order valence-electron chi connectivity index (χ4n) is 15.8. The molecule has 2 nitrogen and oxygen atoms in total. The fourth-order valence-corrected chi connectivity index (χ4v) is 17.0. The maximum Gasteiger partial charge on any atom is 0.328 e. The molecule has 2 unspecified atom stereocenters. The third-order valence-corrected chi connectivity index (χ3v) is 21.5. The Labute approximate surface area is 440 Å². The van der Waals surface area contributed by atoms with Crippen molar-refractivity contribution in [3.05, 3.63) is 154 Å². The van der Waals surface area contributed by atoms with Gasteiger partial charge in [0.05, 0.1) is 16.1 Å². The highest BCUT2D eigenvalue weighted by Crippen LogP contribution is 2.66. The summed E-state index contributed by atoms with van der Waals surface area (Å²) < 4.78 is 2.82. The Kier molecular flexibility index (Phi) is 9.08. The first-order valence-corrected chi connectivity index (χ1v) is 28.6. The van der Waals surface area contributed by atoms with Crippen molar-refractivity contribution in [1.29, 1.82) is 0 Å². The van der Waals surface area contributed by atoms with E-state index < -0.39 is 0 Å². The van der Waals surface area contributed by atoms with Crippen LogP contribution in [0.3, 0.4) is 0 Å². The molecule has 8 aromatic rings. The van der Waals surface area contributed by atoms with E-state index in [1.165, 1.54) is 159 Å². The Morgan fingerprint density at radius 3 is 1.92 bits per heavy atom. The zero-order valence-corrected chi connectivity index (χ0v) is 46.9. The maximum absolute atomic E-state index is 3.07. The van der Waals surface area contributed by atoms with E-state index in [1.807, 2.05) is 0 Å². The normalized spacial score (nSPS) is 22.4. The van der Waals surface area contributed by atoms with Gasteiger partial charge in [-0.3, -0.25) is 0 Å². The van der Waals surface area contributed by atoms with Crippen LogP contribution in [-0.4, -0.2) is 12.4 Å². The van der Waals surface area contributed by atoms with Gasteiger partial charge in [0.2, 0.25) is 0 Å². The van der Waals surface area contributed by atoms with Crippen molar-refractivity contribution in [3.8, 4) is 33.4 Å². The van der Waals surface area contributed by atoms with E-state index in [4.69, 9.17) is 0 Å². The Morgan fingerprint density at radius 1 is 0.521 bits per heavy atom. The molecule has 1 fully saturated rings. The molecule has 1 saturated carbocycles. The summed E-state index contributed by atoms with van der Waals surface area (Å²) in [7, 11) is 0. The molecule has 73 heavy (non-hydrogen) atoms. The number of fused-ring (bicyclic) bond motifs is 16. The molecule has 14 rings (SSSR count). The van der Waals surface area contributed by atoms with E-state index in [0.29, 0.717) is 0 Å². The Balaban J connectivity index is 1.19. The van der Waals surface area contributed by atoms with E-state index in [9.17, 15) is 0 Å². The van der Waals surface area contributed by atoms with Crippen LogP contribution in [0.5, 0.6) is 0 Å². The summed E-state index contributed by atoms with van der Waals surface area (Å²) in [6.07, 6.45) is 7.32. The summed E-state index contributed by atoms with van der Waals surface area (Å²) in [5.41, 5.74) is 26.9. The number of hydrogen-bond acceptors (Lipinski definition) is 3. The molecule has 0 N–H and O–H groups in total. The molecule has 0 amide bonds. The van der Waals surface area contributed by atoms with Crippen LogP contribution in [0.15, 0.2) is 115 Å². The summed E-state index contributed by atoms with van der Waals surface area (Å²) in [4.78, 5) is 5.88. The maximum atomic E-state index is 3.07. The minimum Gasteiger partial charge on any atom is -0.400 e. The summed E-state index contributed by atoms with van der Waals surface area (Å²) in [5, 5.41) is 2.80. The summed E-state index contributed by atoms with van der Waals surface area (Å²) in [6, 6.07) is 46.7. The third-order valence-electron chi connectivity index (χ3n) is 20.3. The minimum absolute atomic E-state index is 0.0125. The average molecular weight is 973 g/mol. The van der Waals surface area contributed by atoms with E-state index in [2.05, 4.69) is 233 Å². The molecule has 6 aliphatic rings. The lowest BCUT2D eigenvalue weighted by Crippen LogP contribution is -2.71. The highest BCUT2D eigenvalue weighted by atomic mass is 32.1. The second-order valence-corrected chi connectivity index (χ2v) is 28.9. The predicted octanol–water partition coefficient (Wildman–Crippen LogP) is 18.0. The van der Waals surface area contributed by atoms with E-state index in [1.54, 1.807) is 5.56 Å². The van der Waals surface area contributed by atoms with Gasteiger partial charge >= 0.3 is 6.85 Å². The molecule has 368 valence electrons. The molecule has 4 heterocycles. The van der Waals surface area contributed by atoms with Crippen molar-refractivity contribution in [3.63, 3.8) is 0 Å². The quantitative estimate of drug-likeness (QED) is 0.159. The Morgan fingerprint density at radius 2 is 1.19 bits per heavy atom. The number of benzene rings is 7. The molecule has 3 aliphatic heterocycles. The van der Waals surface area contributed by atoms with Crippen LogP contribution in [0.4, 0.5) is 22.7 Å². The smallest absolute Gasteiger partial charge is 0.328 e. The Hall–Kier alpha value is -5.58. The minimum atomic E-state index is -0.211. The van der Waals surface area contributed by atoms with Gasteiger partial charge in [-0.25, -0.2) is 0 Å². The summed E-state index contributed by atoms with van der Waals surface area (Å²) >= 11 is 2.05. The lowest BCUT2D eigenvalue weighted by atomic mass is 9.41. The van der Waals surface area contributed by atoms with Crippen molar-refractivity contribution < 1.29 is 0 Å². The van der Waals surface area contributed by atoms with Crippen LogP contribution in [0.2, 0.25) is 0 Å². The first kappa shape index (κ1) is 46.0. The van der Waals surface area contributed by atoms with E-state index >= 15 is 0 Å². The van der Waals surface area contributed by atoms with Gasteiger partial charge in [0.25, 0.3) is 0 Å². The molecular weight excluding hydrogens is 900 g/mol. The molecule has 0 saturated heterocycles. The molecule has 0 bridgehead atoms. The monoisotopic (exact) mass is 973 g/mol. The second kappa shape index (κ2) is 14.4. The molecule has 0 radical (unpaired) electrons. The Bertz CT molecular complexity index is 3740. The van der Waals surface area contributed by atoms with Crippen LogP contribution in [0, 0.1) is 0 Å². The second-order valence-electron chi connectivity index (χ2n) is 27.9. The highest BCUT2D eigenvalue weighted by molar-refractivity contribution is 7.26. The van der Waals surface area contributed by atoms with Gasteiger partial charge < -0.3 is 9.71 Å².